The van der Waals surface area contributed by atoms with E-state index in [0.29, 0.717) is 18.3 Å². The molecule has 0 radical (unpaired) electrons. The highest BCUT2D eigenvalue weighted by Gasteiger charge is 2.56. The molecule has 4 rings (SSSR count). The van der Waals surface area contributed by atoms with Crippen molar-refractivity contribution in [3.05, 3.63) is 0 Å². The number of rotatable bonds is 4. The molecule has 0 aromatic heterocycles. The average Bonchev–Trinajstić information content (AvgIpc) is 2.51. The maximum Gasteiger partial charge on any atom is 0.312 e. The van der Waals surface area contributed by atoms with Gasteiger partial charge in [0.15, 0.2) is 0 Å². The standard InChI is InChI=1S/C18H30O3/c1-4-6-16(2,3)15(19)21-18-10-13-5-7-17(20,12-18)9-14(8-13)11-18/h13-14,20H,4-12H2,1-3H3. The Balaban J connectivity index is 1.79. The molecule has 4 fully saturated rings. The molecule has 4 aliphatic carbocycles. The van der Waals surface area contributed by atoms with Crippen LogP contribution >= 0.6 is 0 Å². The van der Waals surface area contributed by atoms with E-state index < -0.39 is 11.0 Å². The van der Waals surface area contributed by atoms with Gasteiger partial charge in [-0.15, -0.1) is 0 Å². The SMILES string of the molecule is CCCC(C)(C)C(=O)OC12CC3CCC(O)(CC(C3)C1)C2. The first kappa shape index (κ1) is 15.3. The predicted molar refractivity (Wildman–Crippen MR) is 81.8 cm³/mol. The summed E-state index contributed by atoms with van der Waals surface area (Å²) in [5.74, 6) is 1.13. The number of carbonyl (C=O) groups is 1. The summed E-state index contributed by atoms with van der Waals surface area (Å²) >= 11 is 0. The van der Waals surface area contributed by atoms with E-state index in [1.54, 1.807) is 0 Å². The van der Waals surface area contributed by atoms with Gasteiger partial charge >= 0.3 is 5.97 Å². The van der Waals surface area contributed by atoms with Crippen LogP contribution in [0.2, 0.25) is 0 Å². The van der Waals surface area contributed by atoms with Gasteiger partial charge in [0.25, 0.3) is 0 Å². The molecule has 0 aromatic rings. The van der Waals surface area contributed by atoms with Crippen molar-refractivity contribution in [3.63, 3.8) is 0 Å². The molecular formula is C18H30O3. The summed E-state index contributed by atoms with van der Waals surface area (Å²) in [4.78, 5) is 12.7. The minimum atomic E-state index is -0.580. The van der Waals surface area contributed by atoms with E-state index >= 15 is 0 Å². The number of hydrogen-bond donors (Lipinski definition) is 1. The van der Waals surface area contributed by atoms with Gasteiger partial charge in [-0.05, 0) is 70.6 Å². The van der Waals surface area contributed by atoms with E-state index in [-0.39, 0.29) is 11.6 Å². The molecule has 21 heavy (non-hydrogen) atoms. The molecule has 0 spiro atoms. The van der Waals surface area contributed by atoms with E-state index in [4.69, 9.17) is 4.74 Å². The highest BCUT2D eigenvalue weighted by atomic mass is 16.6. The van der Waals surface area contributed by atoms with Crippen molar-refractivity contribution < 1.29 is 14.6 Å². The Morgan fingerprint density at radius 1 is 1.29 bits per heavy atom. The zero-order valence-electron chi connectivity index (χ0n) is 13.8. The van der Waals surface area contributed by atoms with E-state index in [1.165, 1.54) is 6.42 Å². The van der Waals surface area contributed by atoms with Crippen molar-refractivity contribution in [3.8, 4) is 0 Å². The van der Waals surface area contributed by atoms with Crippen molar-refractivity contribution in [1.29, 1.82) is 0 Å². The summed E-state index contributed by atoms with van der Waals surface area (Å²) in [6.45, 7) is 6.08. The molecule has 0 amide bonds. The lowest BCUT2D eigenvalue weighted by molar-refractivity contribution is -0.195. The van der Waals surface area contributed by atoms with Crippen molar-refractivity contribution in [2.75, 3.05) is 0 Å². The van der Waals surface area contributed by atoms with Gasteiger partial charge in [-0.2, -0.15) is 0 Å². The van der Waals surface area contributed by atoms with Crippen molar-refractivity contribution >= 4 is 5.97 Å². The van der Waals surface area contributed by atoms with Crippen LogP contribution in [0.4, 0.5) is 0 Å². The molecule has 0 heterocycles. The molecule has 3 nitrogen and oxygen atoms in total. The third-order valence-corrected chi connectivity index (χ3v) is 6.06. The van der Waals surface area contributed by atoms with Gasteiger partial charge in [-0.3, -0.25) is 4.79 Å². The maximum atomic E-state index is 12.7. The lowest BCUT2D eigenvalue weighted by atomic mass is 9.63. The Morgan fingerprint density at radius 3 is 2.71 bits per heavy atom. The first-order valence-corrected chi connectivity index (χ1v) is 8.72. The van der Waals surface area contributed by atoms with E-state index in [9.17, 15) is 9.90 Å². The predicted octanol–water partition coefficient (Wildman–Crippen LogP) is 3.83. The van der Waals surface area contributed by atoms with Crippen LogP contribution in [0.3, 0.4) is 0 Å². The summed E-state index contributed by atoms with van der Waals surface area (Å²) in [5, 5.41) is 10.9. The first-order chi connectivity index (χ1) is 9.76. The molecule has 4 saturated carbocycles. The van der Waals surface area contributed by atoms with Crippen molar-refractivity contribution in [2.45, 2.75) is 89.8 Å². The number of carbonyl (C=O) groups excluding carboxylic acids is 1. The first-order valence-electron chi connectivity index (χ1n) is 8.72. The van der Waals surface area contributed by atoms with Crippen LogP contribution in [-0.4, -0.2) is 22.3 Å². The zero-order chi connectivity index (χ0) is 15.3. The van der Waals surface area contributed by atoms with Crippen molar-refractivity contribution in [2.24, 2.45) is 17.3 Å². The quantitative estimate of drug-likeness (QED) is 0.802. The zero-order valence-corrected chi connectivity index (χ0v) is 13.8. The van der Waals surface area contributed by atoms with Crippen LogP contribution < -0.4 is 0 Å². The molecular weight excluding hydrogens is 264 g/mol. The molecule has 3 heteroatoms. The lowest BCUT2D eigenvalue weighted by Crippen LogP contribution is -2.53. The van der Waals surface area contributed by atoms with Gasteiger partial charge < -0.3 is 9.84 Å². The fourth-order valence-corrected chi connectivity index (χ4v) is 5.35. The summed E-state index contributed by atoms with van der Waals surface area (Å²) < 4.78 is 6.11. The maximum absolute atomic E-state index is 12.7. The highest BCUT2D eigenvalue weighted by Crippen LogP contribution is 2.56. The average molecular weight is 294 g/mol. The van der Waals surface area contributed by atoms with Crippen LogP contribution in [0.15, 0.2) is 0 Å². The van der Waals surface area contributed by atoms with Gasteiger partial charge in [0.1, 0.15) is 5.60 Å². The molecule has 0 aromatic carbocycles. The van der Waals surface area contributed by atoms with Gasteiger partial charge in [0.2, 0.25) is 0 Å². The Morgan fingerprint density at radius 2 is 2.00 bits per heavy atom. The third kappa shape index (κ3) is 2.86. The summed E-state index contributed by atoms with van der Waals surface area (Å²) in [6, 6.07) is 0. The Labute approximate surface area is 128 Å². The van der Waals surface area contributed by atoms with Crippen molar-refractivity contribution in [1.82, 2.24) is 0 Å². The van der Waals surface area contributed by atoms with Gasteiger partial charge in [-0.25, -0.2) is 0 Å². The number of aliphatic hydroxyl groups is 1. The monoisotopic (exact) mass is 294 g/mol. The number of esters is 1. The minimum Gasteiger partial charge on any atom is -0.459 e. The second kappa shape index (κ2) is 4.97. The van der Waals surface area contributed by atoms with E-state index in [1.807, 2.05) is 13.8 Å². The molecule has 1 N–H and O–H groups in total. The topological polar surface area (TPSA) is 46.5 Å². The number of ether oxygens (including phenoxy) is 1. The second-order valence-electron chi connectivity index (χ2n) is 8.73. The molecule has 4 atom stereocenters. The smallest absolute Gasteiger partial charge is 0.312 e. The third-order valence-electron chi connectivity index (χ3n) is 6.06. The summed E-state index contributed by atoms with van der Waals surface area (Å²) in [5.41, 5.74) is -1.36. The number of hydrogen-bond acceptors (Lipinski definition) is 3. The Hall–Kier alpha value is -0.570. The fourth-order valence-electron chi connectivity index (χ4n) is 5.35. The van der Waals surface area contributed by atoms with Gasteiger partial charge in [0.05, 0.1) is 11.0 Å². The second-order valence-corrected chi connectivity index (χ2v) is 8.73. The molecule has 0 aliphatic heterocycles. The van der Waals surface area contributed by atoms with Crippen LogP contribution in [0.5, 0.6) is 0 Å². The van der Waals surface area contributed by atoms with Crippen LogP contribution in [0.1, 0.15) is 78.6 Å². The fraction of sp³-hybridized carbons (Fsp3) is 0.944. The number of fused-ring (bicyclic) bond motifs is 1. The van der Waals surface area contributed by atoms with E-state index in [0.717, 1.165) is 44.9 Å². The van der Waals surface area contributed by atoms with Crippen LogP contribution in [-0.2, 0) is 9.53 Å². The van der Waals surface area contributed by atoms with Gasteiger partial charge in [-0.1, -0.05) is 13.3 Å². The summed E-state index contributed by atoms with van der Waals surface area (Å²) in [6.07, 6.45) is 8.60. The molecule has 0 saturated heterocycles. The van der Waals surface area contributed by atoms with Crippen LogP contribution in [0.25, 0.3) is 0 Å². The Bertz CT molecular complexity index is 430. The normalized spacial score (nSPS) is 41.9. The summed E-state index contributed by atoms with van der Waals surface area (Å²) in [7, 11) is 0. The highest BCUT2D eigenvalue weighted by molar-refractivity contribution is 5.76. The lowest BCUT2D eigenvalue weighted by Gasteiger charge is -2.50. The van der Waals surface area contributed by atoms with Crippen LogP contribution in [0, 0.1) is 17.3 Å². The van der Waals surface area contributed by atoms with E-state index in [2.05, 4.69) is 6.92 Å². The molecule has 4 bridgehead atoms. The minimum absolute atomic E-state index is 0.0603. The molecule has 4 aliphatic rings. The largest absolute Gasteiger partial charge is 0.459 e. The van der Waals surface area contributed by atoms with Gasteiger partial charge in [0, 0.05) is 6.42 Å². The molecule has 120 valence electrons. The Kier molecular flexibility index (Phi) is 3.63. The molecule has 4 unspecified atom stereocenters.